The Hall–Kier alpha value is -1.94. The van der Waals surface area contributed by atoms with E-state index in [-0.39, 0.29) is 18.2 Å². The zero-order valence-corrected chi connectivity index (χ0v) is 11.6. The Kier molecular flexibility index (Phi) is 5.50. The predicted molar refractivity (Wildman–Crippen MR) is 77.0 cm³/mol. The van der Waals surface area contributed by atoms with Crippen molar-refractivity contribution in [3.05, 3.63) is 59.7 Å². The summed E-state index contributed by atoms with van der Waals surface area (Å²) in [5, 5.41) is 3.24. The maximum atomic E-state index is 13.9. The topological polar surface area (TPSA) is 34.1 Å². The van der Waals surface area contributed by atoms with Crippen molar-refractivity contribution in [2.75, 3.05) is 6.54 Å². The molecular formula is C16H19FN2O. The predicted octanol–water partition coefficient (Wildman–Crippen LogP) is 3.30. The average Bonchev–Trinajstić information content (AvgIpc) is 2.48. The highest BCUT2D eigenvalue weighted by Crippen LogP contribution is 2.19. The van der Waals surface area contributed by atoms with Gasteiger partial charge in [0, 0.05) is 12.7 Å². The number of aromatic nitrogens is 1. The van der Waals surface area contributed by atoms with Crippen LogP contribution < -0.4 is 10.1 Å². The van der Waals surface area contributed by atoms with Crippen molar-refractivity contribution < 1.29 is 9.13 Å². The molecule has 1 N–H and O–H groups in total. The van der Waals surface area contributed by atoms with Gasteiger partial charge in [-0.3, -0.25) is 4.98 Å². The summed E-state index contributed by atoms with van der Waals surface area (Å²) >= 11 is 0. The van der Waals surface area contributed by atoms with Gasteiger partial charge in [0.2, 0.25) is 0 Å². The summed E-state index contributed by atoms with van der Waals surface area (Å²) in [6.07, 6.45) is 2.76. The fourth-order valence-corrected chi connectivity index (χ4v) is 1.82. The number of pyridine rings is 1. The Morgan fingerprint density at radius 2 is 2.15 bits per heavy atom. The maximum absolute atomic E-state index is 13.9. The fraction of sp³-hybridized carbons (Fsp3) is 0.312. The number of benzene rings is 1. The highest BCUT2D eigenvalue weighted by molar-refractivity contribution is 5.29. The Balaban J connectivity index is 1.92. The van der Waals surface area contributed by atoms with Crippen LogP contribution in [0.2, 0.25) is 0 Å². The van der Waals surface area contributed by atoms with E-state index in [0.717, 1.165) is 24.2 Å². The molecule has 0 spiro atoms. The molecule has 1 heterocycles. The molecule has 2 rings (SSSR count). The standard InChI is InChI=1S/C16H19FN2O/c1-2-8-18-11-13-6-7-16(15(17)10-13)20-12-14-5-3-4-9-19-14/h3-7,9-10,18H,2,8,11-12H2,1H3. The van der Waals surface area contributed by atoms with Crippen molar-refractivity contribution >= 4 is 0 Å². The molecule has 106 valence electrons. The van der Waals surface area contributed by atoms with Crippen molar-refractivity contribution in [2.45, 2.75) is 26.5 Å². The van der Waals surface area contributed by atoms with E-state index in [4.69, 9.17) is 4.74 Å². The van der Waals surface area contributed by atoms with Gasteiger partial charge in [-0.15, -0.1) is 0 Å². The highest BCUT2D eigenvalue weighted by atomic mass is 19.1. The van der Waals surface area contributed by atoms with E-state index < -0.39 is 0 Å². The van der Waals surface area contributed by atoms with Crippen molar-refractivity contribution in [1.82, 2.24) is 10.3 Å². The Morgan fingerprint density at radius 3 is 2.85 bits per heavy atom. The molecule has 0 atom stereocenters. The van der Waals surface area contributed by atoms with Crippen molar-refractivity contribution in [3.8, 4) is 5.75 Å². The molecule has 1 aromatic carbocycles. The van der Waals surface area contributed by atoms with Gasteiger partial charge in [0.25, 0.3) is 0 Å². The molecule has 0 amide bonds. The van der Waals surface area contributed by atoms with Gasteiger partial charge < -0.3 is 10.1 Å². The largest absolute Gasteiger partial charge is 0.484 e. The van der Waals surface area contributed by atoms with Gasteiger partial charge in [-0.25, -0.2) is 4.39 Å². The maximum Gasteiger partial charge on any atom is 0.165 e. The lowest BCUT2D eigenvalue weighted by Gasteiger charge is -2.09. The van der Waals surface area contributed by atoms with Crippen LogP contribution in [0.3, 0.4) is 0 Å². The van der Waals surface area contributed by atoms with Crippen LogP contribution >= 0.6 is 0 Å². The second kappa shape index (κ2) is 7.60. The molecule has 2 aromatic rings. The molecule has 3 nitrogen and oxygen atoms in total. The quantitative estimate of drug-likeness (QED) is 0.787. The van der Waals surface area contributed by atoms with E-state index in [1.54, 1.807) is 12.3 Å². The minimum Gasteiger partial charge on any atom is -0.484 e. The lowest BCUT2D eigenvalue weighted by atomic mass is 10.2. The summed E-state index contributed by atoms with van der Waals surface area (Å²) in [6, 6.07) is 10.6. The van der Waals surface area contributed by atoms with Crippen LogP contribution in [0.15, 0.2) is 42.6 Å². The van der Waals surface area contributed by atoms with Gasteiger partial charge in [-0.05, 0) is 42.8 Å². The fourth-order valence-electron chi connectivity index (χ4n) is 1.82. The summed E-state index contributed by atoms with van der Waals surface area (Å²) in [5.74, 6) is -0.0772. The summed E-state index contributed by atoms with van der Waals surface area (Å²) in [4.78, 5) is 4.13. The molecule has 0 aliphatic rings. The Bertz CT molecular complexity index is 531. The Labute approximate surface area is 118 Å². The lowest BCUT2D eigenvalue weighted by molar-refractivity contribution is 0.285. The van der Waals surface area contributed by atoms with Crippen LogP contribution in [0.25, 0.3) is 0 Å². The SMILES string of the molecule is CCCNCc1ccc(OCc2ccccn2)c(F)c1. The molecule has 0 saturated heterocycles. The second-order valence-corrected chi connectivity index (χ2v) is 4.55. The first kappa shape index (κ1) is 14.5. The summed E-state index contributed by atoms with van der Waals surface area (Å²) < 4.78 is 19.3. The van der Waals surface area contributed by atoms with Gasteiger partial charge in [0.1, 0.15) is 6.61 Å². The van der Waals surface area contributed by atoms with Crippen LogP contribution in [-0.4, -0.2) is 11.5 Å². The first-order valence-electron chi connectivity index (χ1n) is 6.81. The van der Waals surface area contributed by atoms with Crippen molar-refractivity contribution in [1.29, 1.82) is 0 Å². The molecule has 0 aliphatic carbocycles. The van der Waals surface area contributed by atoms with Crippen LogP contribution in [0.5, 0.6) is 5.75 Å². The molecule has 0 saturated carbocycles. The van der Waals surface area contributed by atoms with Gasteiger partial charge in [0.05, 0.1) is 5.69 Å². The summed E-state index contributed by atoms with van der Waals surface area (Å²) in [5.41, 5.74) is 1.70. The third-order valence-electron chi connectivity index (χ3n) is 2.85. The van der Waals surface area contributed by atoms with Gasteiger partial charge in [0.15, 0.2) is 11.6 Å². The van der Waals surface area contributed by atoms with Crippen molar-refractivity contribution in [2.24, 2.45) is 0 Å². The molecule has 0 bridgehead atoms. The molecule has 0 radical (unpaired) electrons. The monoisotopic (exact) mass is 274 g/mol. The van der Waals surface area contributed by atoms with E-state index in [9.17, 15) is 4.39 Å². The number of nitrogens with zero attached hydrogens (tertiary/aromatic N) is 1. The molecule has 0 fully saturated rings. The van der Waals surface area contributed by atoms with Crippen LogP contribution in [0.4, 0.5) is 4.39 Å². The Morgan fingerprint density at radius 1 is 1.25 bits per heavy atom. The number of rotatable bonds is 7. The third kappa shape index (κ3) is 4.31. The number of ether oxygens (including phenoxy) is 1. The highest BCUT2D eigenvalue weighted by Gasteiger charge is 2.05. The van der Waals surface area contributed by atoms with Crippen molar-refractivity contribution in [3.63, 3.8) is 0 Å². The third-order valence-corrected chi connectivity index (χ3v) is 2.85. The van der Waals surface area contributed by atoms with Gasteiger partial charge >= 0.3 is 0 Å². The van der Waals surface area contributed by atoms with Gasteiger partial charge in [-0.1, -0.05) is 19.1 Å². The van der Waals surface area contributed by atoms with Gasteiger partial charge in [-0.2, -0.15) is 0 Å². The van der Waals surface area contributed by atoms with Crippen LogP contribution in [0, 0.1) is 5.82 Å². The molecule has 20 heavy (non-hydrogen) atoms. The number of hydrogen-bond donors (Lipinski definition) is 1. The minimum absolute atomic E-state index is 0.259. The zero-order chi connectivity index (χ0) is 14.2. The number of halogens is 1. The number of hydrogen-bond acceptors (Lipinski definition) is 3. The van der Waals surface area contributed by atoms with Crippen LogP contribution in [0.1, 0.15) is 24.6 Å². The smallest absolute Gasteiger partial charge is 0.165 e. The van der Waals surface area contributed by atoms with Crippen LogP contribution in [-0.2, 0) is 13.2 Å². The van der Waals surface area contributed by atoms with E-state index in [2.05, 4.69) is 17.2 Å². The molecule has 1 aromatic heterocycles. The lowest BCUT2D eigenvalue weighted by Crippen LogP contribution is -2.13. The molecule has 0 unspecified atom stereocenters. The van der Waals surface area contributed by atoms with E-state index in [1.165, 1.54) is 6.07 Å². The summed E-state index contributed by atoms with van der Waals surface area (Å²) in [7, 11) is 0. The number of nitrogens with one attached hydrogen (secondary N) is 1. The molecule has 4 heteroatoms. The minimum atomic E-state index is -0.336. The zero-order valence-electron chi connectivity index (χ0n) is 11.6. The second-order valence-electron chi connectivity index (χ2n) is 4.55. The van der Waals surface area contributed by atoms with E-state index in [1.807, 2.05) is 24.3 Å². The average molecular weight is 274 g/mol. The first-order chi connectivity index (χ1) is 9.79. The van der Waals surface area contributed by atoms with E-state index in [0.29, 0.717) is 6.54 Å². The molecular weight excluding hydrogens is 255 g/mol. The molecule has 0 aliphatic heterocycles. The summed E-state index contributed by atoms with van der Waals surface area (Å²) in [6.45, 7) is 3.97. The van der Waals surface area contributed by atoms with E-state index >= 15 is 0 Å². The normalized spacial score (nSPS) is 10.5. The first-order valence-corrected chi connectivity index (χ1v) is 6.81.